The van der Waals surface area contributed by atoms with Crippen LogP contribution in [0.15, 0.2) is 18.2 Å². The van der Waals surface area contributed by atoms with E-state index in [-0.39, 0.29) is 12.4 Å². The monoisotopic (exact) mass is 220 g/mol. The molecule has 1 aromatic rings. The van der Waals surface area contributed by atoms with Gasteiger partial charge in [0, 0.05) is 0 Å². The lowest BCUT2D eigenvalue weighted by Gasteiger charge is -2.11. The van der Waals surface area contributed by atoms with Gasteiger partial charge in [0.05, 0.1) is 19.6 Å². The Kier molecular flexibility index (Phi) is 3.25. The van der Waals surface area contributed by atoms with Crippen molar-refractivity contribution >= 4 is 5.97 Å². The number of fused-ring (bicyclic) bond motifs is 1. The summed E-state index contributed by atoms with van der Waals surface area (Å²) in [5, 5.41) is 9.85. The van der Waals surface area contributed by atoms with Crippen molar-refractivity contribution in [2.75, 3.05) is 7.11 Å². The smallest absolute Gasteiger partial charge is 0.308 e. The number of aliphatic hydroxyl groups is 1. The number of rotatable bonds is 3. The van der Waals surface area contributed by atoms with Crippen LogP contribution in [-0.4, -0.2) is 18.2 Å². The Morgan fingerprint density at radius 3 is 2.94 bits per heavy atom. The maximum absolute atomic E-state index is 11.0. The molecule has 1 N–H and O–H groups in total. The fourth-order valence-corrected chi connectivity index (χ4v) is 2.16. The summed E-state index contributed by atoms with van der Waals surface area (Å²) in [6.07, 6.45) is 2.66. The van der Waals surface area contributed by atoms with Crippen LogP contribution in [0.4, 0.5) is 0 Å². The maximum Gasteiger partial charge on any atom is 0.308 e. The molecule has 0 unspecified atom stereocenters. The molecule has 86 valence electrons. The molecular formula is C13H16O3. The molecule has 1 aromatic carbocycles. The van der Waals surface area contributed by atoms with Crippen LogP contribution in [-0.2, 0) is 22.4 Å². The molecular weight excluding hydrogens is 204 g/mol. The van der Waals surface area contributed by atoms with Crippen molar-refractivity contribution in [3.8, 4) is 0 Å². The van der Waals surface area contributed by atoms with Gasteiger partial charge in [-0.15, -0.1) is 0 Å². The Hall–Kier alpha value is -1.35. The number of ether oxygens (including phenoxy) is 1. The normalized spacial score (nSPS) is 15.6. The lowest BCUT2D eigenvalue weighted by atomic mass is 10.0. The van der Waals surface area contributed by atoms with E-state index in [0.29, 0.717) is 0 Å². The van der Waals surface area contributed by atoms with Crippen molar-refractivity contribution in [2.45, 2.75) is 31.8 Å². The minimum Gasteiger partial charge on any atom is -0.469 e. The molecule has 3 nitrogen and oxygen atoms in total. The van der Waals surface area contributed by atoms with Gasteiger partial charge in [0.2, 0.25) is 0 Å². The third kappa shape index (κ3) is 2.25. The van der Waals surface area contributed by atoms with Crippen LogP contribution in [0.3, 0.4) is 0 Å². The molecule has 0 saturated carbocycles. The number of aryl methyl sites for hydroxylation is 2. The molecule has 0 fully saturated rings. The second-order valence-electron chi connectivity index (χ2n) is 4.18. The van der Waals surface area contributed by atoms with Crippen molar-refractivity contribution in [2.24, 2.45) is 0 Å². The zero-order chi connectivity index (χ0) is 11.5. The predicted octanol–water partition coefficient (Wildman–Crippen LogP) is 1.77. The first-order chi connectivity index (χ1) is 7.70. The second-order valence-corrected chi connectivity index (χ2v) is 4.18. The zero-order valence-electron chi connectivity index (χ0n) is 9.40. The predicted molar refractivity (Wildman–Crippen MR) is 60.1 cm³/mol. The van der Waals surface area contributed by atoms with Gasteiger partial charge in [0.25, 0.3) is 0 Å². The van der Waals surface area contributed by atoms with E-state index in [1.165, 1.54) is 24.7 Å². The summed E-state index contributed by atoms with van der Waals surface area (Å²) < 4.78 is 4.54. The molecule has 1 aliphatic rings. The summed E-state index contributed by atoms with van der Waals surface area (Å²) in [6, 6.07) is 5.96. The molecule has 0 spiro atoms. The number of carbonyl (C=O) groups excluding carboxylic acids is 1. The van der Waals surface area contributed by atoms with Crippen molar-refractivity contribution < 1.29 is 14.6 Å². The fraction of sp³-hybridized carbons (Fsp3) is 0.462. The van der Waals surface area contributed by atoms with Gasteiger partial charge >= 0.3 is 5.97 Å². The summed E-state index contributed by atoms with van der Waals surface area (Å²) in [5.41, 5.74) is 3.49. The van der Waals surface area contributed by atoms with Crippen LogP contribution in [0.2, 0.25) is 0 Å². The molecule has 0 heterocycles. The Bertz CT molecular complexity index is 398. The average Bonchev–Trinajstić information content (AvgIpc) is 2.75. The lowest BCUT2D eigenvalue weighted by Crippen LogP contribution is -2.08. The molecule has 0 bridgehead atoms. The van der Waals surface area contributed by atoms with Gasteiger partial charge < -0.3 is 9.84 Å². The van der Waals surface area contributed by atoms with Crippen LogP contribution in [0.25, 0.3) is 0 Å². The van der Waals surface area contributed by atoms with E-state index in [2.05, 4.69) is 10.8 Å². The molecule has 1 atom stereocenters. The summed E-state index contributed by atoms with van der Waals surface area (Å²) in [6.45, 7) is 0. The summed E-state index contributed by atoms with van der Waals surface area (Å²) in [7, 11) is 1.33. The van der Waals surface area contributed by atoms with Crippen molar-refractivity contribution in [1.29, 1.82) is 0 Å². The van der Waals surface area contributed by atoms with Gasteiger partial charge in [-0.2, -0.15) is 0 Å². The highest BCUT2D eigenvalue weighted by Crippen LogP contribution is 2.26. The van der Waals surface area contributed by atoms with Gasteiger partial charge in [0.15, 0.2) is 0 Å². The molecule has 2 rings (SSSR count). The van der Waals surface area contributed by atoms with E-state index in [4.69, 9.17) is 0 Å². The van der Waals surface area contributed by atoms with E-state index in [9.17, 15) is 9.90 Å². The molecule has 16 heavy (non-hydrogen) atoms. The largest absolute Gasteiger partial charge is 0.469 e. The molecule has 0 radical (unpaired) electrons. The van der Waals surface area contributed by atoms with Crippen LogP contribution < -0.4 is 0 Å². The molecule has 0 saturated heterocycles. The van der Waals surface area contributed by atoms with E-state index in [1.54, 1.807) is 0 Å². The Morgan fingerprint density at radius 2 is 2.19 bits per heavy atom. The molecule has 0 aliphatic heterocycles. The van der Waals surface area contributed by atoms with Gasteiger partial charge in [-0.1, -0.05) is 18.2 Å². The van der Waals surface area contributed by atoms with Crippen LogP contribution >= 0.6 is 0 Å². The SMILES string of the molecule is COC(=O)C[C@@H](O)c1ccc2c(c1)CCC2. The van der Waals surface area contributed by atoms with Gasteiger partial charge in [0.1, 0.15) is 0 Å². The number of hydrogen-bond donors (Lipinski definition) is 1. The standard InChI is InChI=1S/C13H16O3/c1-16-13(15)8-12(14)11-6-5-9-3-2-4-10(9)7-11/h5-7,12,14H,2-4,8H2,1H3/t12-/m1/s1. The Morgan fingerprint density at radius 1 is 1.44 bits per heavy atom. The minimum absolute atomic E-state index is 0.0231. The zero-order valence-corrected chi connectivity index (χ0v) is 9.40. The summed E-state index contributed by atoms with van der Waals surface area (Å²) in [4.78, 5) is 11.0. The molecule has 0 aromatic heterocycles. The maximum atomic E-state index is 11.0. The number of esters is 1. The van der Waals surface area contributed by atoms with E-state index in [0.717, 1.165) is 18.4 Å². The Labute approximate surface area is 95.0 Å². The number of methoxy groups -OCH3 is 1. The summed E-state index contributed by atoms with van der Waals surface area (Å²) >= 11 is 0. The highest BCUT2D eigenvalue weighted by Gasteiger charge is 2.16. The highest BCUT2D eigenvalue weighted by atomic mass is 16.5. The first-order valence-electron chi connectivity index (χ1n) is 5.57. The molecule has 1 aliphatic carbocycles. The van der Waals surface area contributed by atoms with Crippen molar-refractivity contribution in [3.05, 3.63) is 34.9 Å². The highest BCUT2D eigenvalue weighted by molar-refractivity contribution is 5.70. The van der Waals surface area contributed by atoms with E-state index in [1.807, 2.05) is 12.1 Å². The van der Waals surface area contributed by atoms with Gasteiger partial charge in [-0.05, 0) is 36.0 Å². The van der Waals surface area contributed by atoms with Crippen LogP contribution in [0.5, 0.6) is 0 Å². The van der Waals surface area contributed by atoms with Crippen LogP contribution in [0, 0.1) is 0 Å². The van der Waals surface area contributed by atoms with Gasteiger partial charge in [-0.3, -0.25) is 4.79 Å². The third-order valence-electron chi connectivity index (χ3n) is 3.10. The van der Waals surface area contributed by atoms with Crippen molar-refractivity contribution in [3.63, 3.8) is 0 Å². The quantitative estimate of drug-likeness (QED) is 0.790. The second kappa shape index (κ2) is 4.66. The van der Waals surface area contributed by atoms with E-state index >= 15 is 0 Å². The fourth-order valence-electron chi connectivity index (χ4n) is 2.16. The minimum atomic E-state index is -0.752. The first kappa shape index (κ1) is 11.1. The topological polar surface area (TPSA) is 46.5 Å². The van der Waals surface area contributed by atoms with Gasteiger partial charge in [-0.25, -0.2) is 0 Å². The third-order valence-corrected chi connectivity index (χ3v) is 3.10. The first-order valence-corrected chi connectivity index (χ1v) is 5.57. The molecule has 3 heteroatoms. The van der Waals surface area contributed by atoms with Crippen molar-refractivity contribution in [1.82, 2.24) is 0 Å². The lowest BCUT2D eigenvalue weighted by molar-refractivity contribution is -0.142. The van der Waals surface area contributed by atoms with Crippen LogP contribution in [0.1, 0.15) is 35.6 Å². The summed E-state index contributed by atoms with van der Waals surface area (Å²) in [5.74, 6) is -0.381. The Balaban J connectivity index is 2.12. The number of benzene rings is 1. The average molecular weight is 220 g/mol. The van der Waals surface area contributed by atoms with E-state index < -0.39 is 6.10 Å². The number of aliphatic hydroxyl groups excluding tert-OH is 1. The number of carbonyl (C=O) groups is 1. The number of hydrogen-bond acceptors (Lipinski definition) is 3. The molecule has 0 amide bonds.